The molecule has 5 N–H and O–H groups in total. The summed E-state index contributed by atoms with van der Waals surface area (Å²) in [5.41, 5.74) is 11.7. The molecule has 25 heavy (non-hydrogen) atoms. The predicted molar refractivity (Wildman–Crippen MR) is 98.4 cm³/mol. The number of hydrogen-bond acceptors (Lipinski definition) is 4. The van der Waals surface area contributed by atoms with Gasteiger partial charge in [-0.25, -0.2) is 0 Å². The first kappa shape index (κ1) is 19.4. The fraction of sp³-hybridized carbons (Fsp3) is 0.579. The Labute approximate surface area is 149 Å². The maximum absolute atomic E-state index is 11.0. The molecule has 2 fully saturated rings. The Morgan fingerprint density at radius 1 is 0.920 bits per heavy atom. The summed E-state index contributed by atoms with van der Waals surface area (Å²) in [5, 5.41) is 3.16. The van der Waals surface area contributed by atoms with Crippen LogP contribution < -0.4 is 16.8 Å². The van der Waals surface area contributed by atoms with Crippen LogP contribution in [-0.2, 0) is 16.1 Å². The van der Waals surface area contributed by atoms with Crippen molar-refractivity contribution in [1.29, 1.82) is 0 Å². The summed E-state index contributed by atoms with van der Waals surface area (Å²) in [7, 11) is 0. The molecule has 0 unspecified atom stereocenters. The van der Waals surface area contributed by atoms with Gasteiger partial charge in [0.25, 0.3) is 0 Å². The van der Waals surface area contributed by atoms with E-state index in [-0.39, 0.29) is 23.7 Å². The number of carbonyl (C=O) groups excluding carboxylic acids is 2. The summed E-state index contributed by atoms with van der Waals surface area (Å²) in [5.74, 6) is -0.0610. The van der Waals surface area contributed by atoms with E-state index in [0.717, 1.165) is 58.4 Å². The van der Waals surface area contributed by atoms with E-state index in [4.69, 9.17) is 11.5 Å². The summed E-state index contributed by atoms with van der Waals surface area (Å²) < 4.78 is 0. The zero-order chi connectivity index (χ0) is 18.1. The number of rotatable bonds is 4. The van der Waals surface area contributed by atoms with Gasteiger partial charge in [-0.1, -0.05) is 30.3 Å². The van der Waals surface area contributed by atoms with E-state index in [0.29, 0.717) is 0 Å². The molecule has 2 aliphatic rings. The largest absolute Gasteiger partial charge is 0.369 e. The number of nitrogens with two attached hydrogens (primary N) is 2. The average molecular weight is 346 g/mol. The molecule has 6 heteroatoms. The summed E-state index contributed by atoms with van der Waals surface area (Å²) in [6.45, 7) is 4.80. The van der Waals surface area contributed by atoms with Crippen LogP contribution in [0.3, 0.4) is 0 Å². The van der Waals surface area contributed by atoms with Crippen molar-refractivity contribution in [3.63, 3.8) is 0 Å². The van der Waals surface area contributed by atoms with E-state index in [1.54, 1.807) is 0 Å². The Kier molecular flexibility index (Phi) is 7.88. The second-order valence-corrected chi connectivity index (χ2v) is 6.87. The Morgan fingerprint density at radius 3 is 1.92 bits per heavy atom. The van der Waals surface area contributed by atoms with Gasteiger partial charge in [0, 0.05) is 18.4 Å². The van der Waals surface area contributed by atoms with Gasteiger partial charge in [0.2, 0.25) is 11.8 Å². The van der Waals surface area contributed by atoms with Crippen molar-refractivity contribution in [2.24, 2.45) is 23.3 Å². The van der Waals surface area contributed by atoms with Crippen molar-refractivity contribution < 1.29 is 9.59 Å². The standard InChI is InChI=1S/C13H18N2O.C6H12N2O/c14-13(16)12-6-8-15(9-7-12)10-11-4-2-1-3-5-11;7-6(9)5-1-3-8-4-2-5/h1-5,12H,6-10H2,(H2,14,16);5,8H,1-4H2,(H2,7,9). The molecule has 3 rings (SSSR count). The minimum atomic E-state index is -0.142. The lowest BCUT2D eigenvalue weighted by Gasteiger charge is -2.30. The minimum Gasteiger partial charge on any atom is -0.369 e. The van der Waals surface area contributed by atoms with Crippen LogP contribution in [0.1, 0.15) is 31.2 Å². The summed E-state index contributed by atoms with van der Waals surface area (Å²) in [6.07, 6.45) is 3.63. The number of benzene rings is 1. The van der Waals surface area contributed by atoms with Gasteiger partial charge in [0.05, 0.1) is 0 Å². The van der Waals surface area contributed by atoms with Crippen LogP contribution >= 0.6 is 0 Å². The highest BCUT2D eigenvalue weighted by atomic mass is 16.1. The van der Waals surface area contributed by atoms with Crippen molar-refractivity contribution in [2.45, 2.75) is 32.2 Å². The van der Waals surface area contributed by atoms with Crippen LogP contribution in [0.25, 0.3) is 0 Å². The molecule has 0 bridgehead atoms. The minimum absolute atomic E-state index is 0.0898. The van der Waals surface area contributed by atoms with E-state index < -0.39 is 0 Å². The fourth-order valence-corrected chi connectivity index (χ4v) is 3.32. The Bertz CT molecular complexity index is 536. The van der Waals surface area contributed by atoms with E-state index in [9.17, 15) is 9.59 Å². The normalized spacial score (nSPS) is 19.7. The lowest BCUT2D eigenvalue weighted by molar-refractivity contribution is -0.123. The predicted octanol–water partition coefficient (Wildman–Crippen LogP) is 0.855. The maximum atomic E-state index is 11.0. The number of likely N-dealkylation sites (tertiary alicyclic amines) is 1. The van der Waals surface area contributed by atoms with Crippen LogP contribution in [0.4, 0.5) is 0 Å². The number of nitrogens with one attached hydrogen (secondary N) is 1. The number of nitrogens with zero attached hydrogens (tertiary/aromatic N) is 1. The van der Waals surface area contributed by atoms with Crippen LogP contribution in [0.2, 0.25) is 0 Å². The number of hydrogen-bond donors (Lipinski definition) is 3. The summed E-state index contributed by atoms with van der Waals surface area (Å²) >= 11 is 0. The van der Waals surface area contributed by atoms with E-state index in [1.807, 2.05) is 6.07 Å². The molecular weight excluding hydrogens is 316 g/mol. The zero-order valence-electron chi connectivity index (χ0n) is 14.8. The first-order chi connectivity index (χ1) is 12.1. The Hall–Kier alpha value is -1.92. The number of amides is 2. The average Bonchev–Trinajstić information content (AvgIpc) is 2.64. The van der Waals surface area contributed by atoms with Gasteiger partial charge in [-0.3, -0.25) is 14.5 Å². The van der Waals surface area contributed by atoms with Gasteiger partial charge in [0.1, 0.15) is 0 Å². The van der Waals surface area contributed by atoms with Gasteiger partial charge in [-0.05, 0) is 57.4 Å². The number of carbonyl (C=O) groups is 2. The van der Waals surface area contributed by atoms with E-state index in [2.05, 4.69) is 34.5 Å². The molecule has 0 aliphatic carbocycles. The maximum Gasteiger partial charge on any atom is 0.220 e. The third kappa shape index (κ3) is 6.84. The monoisotopic (exact) mass is 346 g/mol. The van der Waals surface area contributed by atoms with Crippen molar-refractivity contribution >= 4 is 11.8 Å². The highest BCUT2D eigenvalue weighted by molar-refractivity contribution is 5.77. The molecule has 2 amide bonds. The molecule has 2 saturated heterocycles. The second kappa shape index (κ2) is 10.2. The van der Waals surface area contributed by atoms with Gasteiger partial charge in [-0.2, -0.15) is 0 Å². The van der Waals surface area contributed by atoms with Crippen LogP contribution in [0.15, 0.2) is 30.3 Å². The topological polar surface area (TPSA) is 101 Å². The molecule has 0 atom stereocenters. The molecule has 2 aliphatic heterocycles. The molecular formula is C19H30N4O2. The molecule has 0 saturated carbocycles. The van der Waals surface area contributed by atoms with Gasteiger partial charge < -0.3 is 16.8 Å². The van der Waals surface area contributed by atoms with Crippen molar-refractivity contribution in [2.75, 3.05) is 26.2 Å². The molecule has 0 spiro atoms. The highest BCUT2D eigenvalue weighted by Gasteiger charge is 2.22. The van der Waals surface area contributed by atoms with Gasteiger partial charge in [0.15, 0.2) is 0 Å². The SMILES string of the molecule is NC(=O)C1CCN(Cc2ccccc2)CC1.NC(=O)C1CCNCC1. The molecule has 2 heterocycles. The summed E-state index contributed by atoms with van der Waals surface area (Å²) in [6, 6.07) is 10.4. The first-order valence-corrected chi connectivity index (χ1v) is 9.12. The Balaban J connectivity index is 0.000000212. The van der Waals surface area contributed by atoms with E-state index >= 15 is 0 Å². The molecule has 0 radical (unpaired) electrons. The zero-order valence-corrected chi connectivity index (χ0v) is 14.8. The third-order valence-corrected chi connectivity index (χ3v) is 4.98. The number of primary amides is 2. The van der Waals surface area contributed by atoms with E-state index in [1.165, 1.54) is 5.56 Å². The molecule has 1 aromatic carbocycles. The first-order valence-electron chi connectivity index (χ1n) is 9.12. The second-order valence-electron chi connectivity index (χ2n) is 6.87. The van der Waals surface area contributed by atoms with Crippen molar-refractivity contribution in [1.82, 2.24) is 10.2 Å². The van der Waals surface area contributed by atoms with Crippen molar-refractivity contribution in [3.8, 4) is 0 Å². The lowest BCUT2D eigenvalue weighted by Crippen LogP contribution is -2.38. The molecule has 6 nitrogen and oxygen atoms in total. The fourth-order valence-electron chi connectivity index (χ4n) is 3.32. The Morgan fingerprint density at radius 2 is 1.44 bits per heavy atom. The lowest BCUT2D eigenvalue weighted by atomic mass is 9.96. The van der Waals surface area contributed by atoms with Gasteiger partial charge in [-0.15, -0.1) is 0 Å². The molecule has 0 aromatic heterocycles. The quantitative estimate of drug-likeness (QED) is 0.752. The van der Waals surface area contributed by atoms with Gasteiger partial charge >= 0.3 is 0 Å². The van der Waals surface area contributed by atoms with Crippen molar-refractivity contribution in [3.05, 3.63) is 35.9 Å². The van der Waals surface area contributed by atoms with Crippen LogP contribution in [0, 0.1) is 11.8 Å². The highest BCUT2D eigenvalue weighted by Crippen LogP contribution is 2.18. The number of piperidine rings is 2. The molecule has 1 aromatic rings. The van der Waals surface area contributed by atoms with Crippen LogP contribution in [-0.4, -0.2) is 42.9 Å². The summed E-state index contributed by atoms with van der Waals surface area (Å²) in [4.78, 5) is 24.0. The smallest absolute Gasteiger partial charge is 0.220 e. The van der Waals surface area contributed by atoms with Crippen LogP contribution in [0.5, 0.6) is 0 Å². The molecule has 138 valence electrons. The third-order valence-electron chi connectivity index (χ3n) is 4.98.